The van der Waals surface area contributed by atoms with E-state index in [1.54, 1.807) is 13.8 Å². The number of hydrogen-bond donors (Lipinski definition) is 1. The van der Waals surface area contributed by atoms with Crippen molar-refractivity contribution in [3.8, 4) is 0 Å². The molecule has 0 saturated carbocycles. The molecule has 0 aliphatic rings. The van der Waals surface area contributed by atoms with E-state index in [4.69, 9.17) is 25.5 Å². The monoisotopic (exact) mass is 423 g/mol. The number of nitrogens with zero attached hydrogens (tertiary/aromatic N) is 4. The Labute approximate surface area is 159 Å². The summed E-state index contributed by atoms with van der Waals surface area (Å²) in [5, 5.41) is 2.43. The Hall–Kier alpha value is -1.39. The highest BCUT2D eigenvalue weighted by molar-refractivity contribution is 8.04. The van der Waals surface area contributed by atoms with Gasteiger partial charge in [0, 0.05) is 5.75 Å². The number of thioether (sulfide) groups is 1. The van der Waals surface area contributed by atoms with Crippen LogP contribution in [0.5, 0.6) is 0 Å². The molecule has 0 aliphatic carbocycles. The molecular formula is C13H19ClN5O5PS. The molecule has 1 N–H and O–H groups in total. The van der Waals surface area contributed by atoms with Crippen molar-refractivity contribution in [3.63, 3.8) is 0 Å². The number of nitrogens with one attached hydrogen (secondary N) is 1. The van der Waals surface area contributed by atoms with Gasteiger partial charge in [-0.2, -0.15) is 14.7 Å². The molecule has 2 aromatic rings. The van der Waals surface area contributed by atoms with Crippen LogP contribution in [0, 0.1) is 0 Å². The molecule has 0 atom stereocenters. The van der Waals surface area contributed by atoms with Crippen LogP contribution in [0.2, 0.25) is 5.15 Å². The predicted molar refractivity (Wildman–Crippen MR) is 99.7 cm³/mol. The molecule has 0 aromatic carbocycles. The van der Waals surface area contributed by atoms with Gasteiger partial charge >= 0.3 is 7.60 Å². The summed E-state index contributed by atoms with van der Waals surface area (Å²) in [6.07, 6.45) is 1.86. The van der Waals surface area contributed by atoms with Gasteiger partial charge in [0.05, 0.1) is 18.7 Å². The van der Waals surface area contributed by atoms with Gasteiger partial charge in [0.25, 0.3) is 0 Å². The number of carbonyl (C=O) groups excluding carboxylic acids is 1. The van der Waals surface area contributed by atoms with E-state index in [9.17, 15) is 9.36 Å². The zero-order chi connectivity index (χ0) is 19.0. The first-order chi connectivity index (χ1) is 12.5. The maximum atomic E-state index is 12.3. The van der Waals surface area contributed by atoms with Crippen LogP contribution in [-0.4, -0.2) is 57.2 Å². The molecule has 0 fully saturated rings. The first-order valence-corrected chi connectivity index (χ1v) is 11.0. The Bertz CT molecular complexity index is 782. The zero-order valence-electron chi connectivity index (χ0n) is 14.3. The molecule has 144 valence electrons. The first kappa shape index (κ1) is 20.9. The Balaban J connectivity index is 1.91. The lowest BCUT2D eigenvalue weighted by molar-refractivity contribution is -0.105. The fourth-order valence-electron chi connectivity index (χ4n) is 1.93. The van der Waals surface area contributed by atoms with Crippen molar-refractivity contribution in [1.29, 1.82) is 0 Å². The molecule has 0 unspecified atom stereocenters. The second-order valence-corrected chi connectivity index (χ2v) is 8.61. The number of carbonyl (C=O) groups is 1. The van der Waals surface area contributed by atoms with Gasteiger partial charge in [-0.1, -0.05) is 11.6 Å². The van der Waals surface area contributed by atoms with Crippen molar-refractivity contribution in [2.75, 3.05) is 36.4 Å². The molecule has 13 heteroatoms. The number of imidazole rings is 1. The van der Waals surface area contributed by atoms with Gasteiger partial charge in [0.15, 0.2) is 5.15 Å². The van der Waals surface area contributed by atoms with Gasteiger partial charge in [-0.3, -0.25) is 14.7 Å². The van der Waals surface area contributed by atoms with E-state index in [1.165, 1.54) is 22.8 Å². The number of amides is 1. The average Bonchev–Trinajstić information content (AvgIpc) is 2.99. The molecule has 0 spiro atoms. The maximum Gasteiger partial charge on any atom is 0.340 e. The average molecular weight is 424 g/mol. The first-order valence-electron chi connectivity index (χ1n) is 7.73. The quantitative estimate of drug-likeness (QED) is 0.237. The lowest BCUT2D eigenvalue weighted by Crippen LogP contribution is -2.15. The lowest BCUT2D eigenvalue weighted by Gasteiger charge is -2.16. The van der Waals surface area contributed by atoms with E-state index in [2.05, 4.69) is 20.3 Å². The minimum Gasteiger partial charge on any atom is -0.410 e. The van der Waals surface area contributed by atoms with Crippen LogP contribution < -0.4 is 10.2 Å². The summed E-state index contributed by atoms with van der Waals surface area (Å²) in [6.45, 7) is 4.49. The SMILES string of the molecule is CCOP(=O)(CSCCOn1cnc2c(Cl)nc(NC=O)nc21)OCC. The van der Waals surface area contributed by atoms with E-state index in [1.807, 2.05) is 0 Å². The smallest absolute Gasteiger partial charge is 0.340 e. The summed E-state index contributed by atoms with van der Waals surface area (Å²) in [7, 11) is -3.07. The largest absolute Gasteiger partial charge is 0.410 e. The number of halogens is 1. The van der Waals surface area contributed by atoms with Crippen LogP contribution in [0.3, 0.4) is 0 Å². The fraction of sp³-hybridized carbons (Fsp3) is 0.538. The highest BCUT2D eigenvalue weighted by Gasteiger charge is 2.23. The topological polar surface area (TPSA) is 117 Å². The molecule has 1 amide bonds. The van der Waals surface area contributed by atoms with Crippen LogP contribution >= 0.6 is 31.0 Å². The third-order valence-corrected chi connectivity index (χ3v) is 6.89. The van der Waals surface area contributed by atoms with Crippen LogP contribution in [0.25, 0.3) is 11.2 Å². The second-order valence-electron chi connectivity index (χ2n) is 4.66. The Kier molecular flexibility index (Phi) is 8.11. The van der Waals surface area contributed by atoms with Crippen molar-refractivity contribution < 1.29 is 23.2 Å². The third-order valence-electron chi connectivity index (χ3n) is 2.87. The van der Waals surface area contributed by atoms with E-state index in [-0.39, 0.29) is 16.6 Å². The van der Waals surface area contributed by atoms with Gasteiger partial charge in [0.1, 0.15) is 18.5 Å². The summed E-state index contributed by atoms with van der Waals surface area (Å²) in [4.78, 5) is 28.2. The second kappa shape index (κ2) is 10.1. The highest BCUT2D eigenvalue weighted by atomic mass is 35.5. The number of rotatable bonds is 12. The number of fused-ring (bicyclic) bond motifs is 1. The maximum absolute atomic E-state index is 12.3. The molecule has 0 aliphatic heterocycles. The summed E-state index contributed by atoms with van der Waals surface area (Å²) in [6, 6.07) is 0. The summed E-state index contributed by atoms with van der Waals surface area (Å²) < 4.78 is 24.1. The van der Waals surface area contributed by atoms with E-state index in [0.717, 1.165) is 0 Å². The van der Waals surface area contributed by atoms with Gasteiger partial charge in [-0.05, 0) is 13.8 Å². The van der Waals surface area contributed by atoms with Gasteiger partial charge < -0.3 is 13.9 Å². The van der Waals surface area contributed by atoms with Gasteiger partial charge in [-0.15, -0.1) is 11.8 Å². The molecule has 10 nitrogen and oxygen atoms in total. The number of hydrogen-bond acceptors (Lipinski definition) is 9. The molecule has 2 heterocycles. The molecule has 2 aromatic heterocycles. The van der Waals surface area contributed by atoms with Crippen LogP contribution in [-0.2, 0) is 18.4 Å². The highest BCUT2D eigenvalue weighted by Crippen LogP contribution is 2.50. The molecular weight excluding hydrogens is 405 g/mol. The van der Waals surface area contributed by atoms with Crippen molar-refractivity contribution in [1.82, 2.24) is 19.7 Å². The lowest BCUT2D eigenvalue weighted by atomic mass is 10.5. The fourth-order valence-corrected chi connectivity index (χ4v) is 5.21. The van der Waals surface area contributed by atoms with Crippen molar-refractivity contribution in [2.45, 2.75) is 13.8 Å². The third kappa shape index (κ3) is 5.55. The van der Waals surface area contributed by atoms with Gasteiger partial charge in [0.2, 0.25) is 18.0 Å². The van der Waals surface area contributed by atoms with E-state index >= 15 is 0 Å². The van der Waals surface area contributed by atoms with Crippen LogP contribution in [0.1, 0.15) is 13.8 Å². The summed E-state index contributed by atoms with van der Waals surface area (Å²) in [5.74, 6) is 0.591. The van der Waals surface area contributed by atoms with E-state index < -0.39 is 7.60 Å². The van der Waals surface area contributed by atoms with Crippen LogP contribution in [0.15, 0.2) is 6.33 Å². The molecule has 2 rings (SSSR count). The van der Waals surface area contributed by atoms with Gasteiger partial charge in [-0.25, -0.2) is 4.98 Å². The zero-order valence-corrected chi connectivity index (χ0v) is 16.7. The molecule has 0 radical (unpaired) electrons. The van der Waals surface area contributed by atoms with Crippen molar-refractivity contribution in [3.05, 3.63) is 11.5 Å². The predicted octanol–water partition coefficient (Wildman–Crippen LogP) is 2.43. The van der Waals surface area contributed by atoms with Crippen molar-refractivity contribution >= 4 is 54.5 Å². The number of aromatic nitrogens is 4. The summed E-state index contributed by atoms with van der Waals surface area (Å²) >= 11 is 7.40. The summed E-state index contributed by atoms with van der Waals surface area (Å²) in [5.41, 5.74) is 0.922. The van der Waals surface area contributed by atoms with Crippen LogP contribution in [0.4, 0.5) is 5.95 Å². The Morgan fingerprint density at radius 2 is 2.08 bits per heavy atom. The molecule has 26 heavy (non-hydrogen) atoms. The van der Waals surface area contributed by atoms with Crippen molar-refractivity contribution in [2.24, 2.45) is 0 Å². The Morgan fingerprint density at radius 3 is 2.73 bits per heavy atom. The molecule has 0 bridgehead atoms. The minimum atomic E-state index is -3.07. The minimum absolute atomic E-state index is 0.0478. The van der Waals surface area contributed by atoms with E-state index in [0.29, 0.717) is 43.1 Å². The normalized spacial score (nSPS) is 11.7. The molecule has 0 saturated heterocycles. The standard InChI is InChI=1S/C13H19ClN5O5PS/c1-3-23-25(21,24-4-2)9-26-6-5-22-19-7-15-10-11(14)17-13(16-8-20)18-12(10)19/h7-8H,3-6,9H2,1-2H3,(H,16,17,18,20). The number of anilines is 1. The Morgan fingerprint density at radius 1 is 1.35 bits per heavy atom.